The number of rotatable bonds is 7. The fourth-order valence-corrected chi connectivity index (χ4v) is 4.04. The molecule has 1 aliphatic heterocycles. The molecule has 0 radical (unpaired) electrons. The molecule has 6 nitrogen and oxygen atoms in total. The average molecular weight is 447 g/mol. The summed E-state index contributed by atoms with van der Waals surface area (Å²) in [5.41, 5.74) is 2.52. The van der Waals surface area contributed by atoms with Crippen molar-refractivity contribution in [1.29, 1.82) is 0 Å². The maximum absolute atomic E-state index is 6.03. The Morgan fingerprint density at radius 1 is 0.844 bits per heavy atom. The van der Waals surface area contributed by atoms with Gasteiger partial charge in [-0.25, -0.2) is 0 Å². The SMILES string of the molecule is S=c1oc([C@H]2COc3ccccc3O2)nn1C[NH+](Cc1ccccc1)Cc1ccccc1. The number of nitrogens with zero attached hydrogens (tertiary/aromatic N) is 2. The zero-order valence-corrected chi connectivity index (χ0v) is 18.3. The Bertz CT molecular complexity index is 1180. The number of hydrogen-bond acceptors (Lipinski definition) is 5. The number of aromatic nitrogens is 2. The Morgan fingerprint density at radius 3 is 2.09 bits per heavy atom. The molecule has 0 spiro atoms. The van der Waals surface area contributed by atoms with Crippen molar-refractivity contribution in [3.05, 3.63) is 107 Å². The van der Waals surface area contributed by atoms with Crippen LogP contribution >= 0.6 is 12.2 Å². The summed E-state index contributed by atoms with van der Waals surface area (Å²) < 4.78 is 19.4. The van der Waals surface area contributed by atoms with Crippen LogP contribution in [0.4, 0.5) is 0 Å². The van der Waals surface area contributed by atoms with Gasteiger partial charge in [0.15, 0.2) is 18.2 Å². The third-order valence-electron chi connectivity index (χ3n) is 5.37. The van der Waals surface area contributed by atoms with Gasteiger partial charge in [0.05, 0.1) is 0 Å². The van der Waals surface area contributed by atoms with Gasteiger partial charge in [-0.1, -0.05) is 72.8 Å². The molecule has 0 amide bonds. The normalized spacial score (nSPS) is 15.1. The van der Waals surface area contributed by atoms with Gasteiger partial charge in [-0.2, -0.15) is 4.68 Å². The van der Waals surface area contributed by atoms with E-state index >= 15 is 0 Å². The van der Waals surface area contributed by atoms with E-state index in [1.165, 1.54) is 16.0 Å². The van der Waals surface area contributed by atoms with Gasteiger partial charge in [-0.3, -0.25) is 0 Å². The third-order valence-corrected chi connectivity index (χ3v) is 5.67. The molecule has 162 valence electrons. The molecule has 0 aliphatic carbocycles. The van der Waals surface area contributed by atoms with Gasteiger partial charge in [0.1, 0.15) is 19.7 Å². The average Bonchev–Trinajstić information content (AvgIpc) is 3.20. The van der Waals surface area contributed by atoms with E-state index in [4.69, 9.17) is 26.1 Å². The van der Waals surface area contributed by atoms with Crippen LogP contribution in [0.1, 0.15) is 23.1 Å². The van der Waals surface area contributed by atoms with E-state index in [9.17, 15) is 0 Å². The standard InChI is InChI=1S/C25H23N3O3S/c32-25-28(26-24(31-25)23-17-29-21-13-7-8-14-22(21)30-23)18-27(15-19-9-3-1-4-10-19)16-20-11-5-2-6-12-20/h1-14,23H,15-18H2/p+1/t23-/m1/s1. The molecule has 4 aromatic rings. The molecule has 0 saturated carbocycles. The van der Waals surface area contributed by atoms with E-state index < -0.39 is 6.10 Å². The summed E-state index contributed by atoms with van der Waals surface area (Å²) in [6.07, 6.45) is -0.431. The van der Waals surface area contributed by atoms with Gasteiger partial charge < -0.3 is 18.8 Å². The van der Waals surface area contributed by atoms with E-state index in [1.54, 1.807) is 4.68 Å². The van der Waals surface area contributed by atoms with Gasteiger partial charge >= 0.3 is 0 Å². The predicted molar refractivity (Wildman–Crippen MR) is 122 cm³/mol. The minimum atomic E-state index is -0.431. The maximum Gasteiger partial charge on any atom is 0.292 e. The van der Waals surface area contributed by atoms with Crippen molar-refractivity contribution < 1.29 is 18.8 Å². The van der Waals surface area contributed by atoms with Crippen LogP contribution in [0.3, 0.4) is 0 Å². The molecule has 2 heterocycles. The Hall–Kier alpha value is -3.42. The molecule has 3 aromatic carbocycles. The molecule has 1 aliphatic rings. The first-order valence-electron chi connectivity index (χ1n) is 10.6. The van der Waals surface area contributed by atoms with E-state index in [2.05, 4.69) is 53.6 Å². The molecular weight excluding hydrogens is 422 g/mol. The second-order valence-corrected chi connectivity index (χ2v) is 8.15. The quantitative estimate of drug-likeness (QED) is 0.436. The number of ether oxygens (including phenoxy) is 2. The lowest BCUT2D eigenvalue weighted by Gasteiger charge is -2.24. The highest BCUT2D eigenvalue weighted by Gasteiger charge is 2.28. The Kier molecular flexibility index (Phi) is 6.00. The second-order valence-electron chi connectivity index (χ2n) is 7.80. The molecular formula is C25H24N3O3S+. The van der Waals surface area contributed by atoms with Gasteiger partial charge in [0.2, 0.25) is 6.10 Å². The first kappa shape index (κ1) is 20.5. The van der Waals surface area contributed by atoms with Crippen LogP contribution < -0.4 is 14.4 Å². The number of nitrogens with one attached hydrogen (secondary N) is 1. The molecule has 0 bridgehead atoms. The predicted octanol–water partition coefficient (Wildman–Crippen LogP) is 3.96. The summed E-state index contributed by atoms with van der Waals surface area (Å²) in [4.78, 5) is 1.63. The molecule has 5 rings (SSSR count). The number of quaternary nitrogens is 1. The molecule has 0 saturated heterocycles. The monoisotopic (exact) mass is 446 g/mol. The largest absolute Gasteiger partial charge is 0.485 e. The summed E-state index contributed by atoms with van der Waals surface area (Å²) >= 11 is 5.49. The van der Waals surface area contributed by atoms with Gasteiger partial charge in [0, 0.05) is 11.1 Å². The highest BCUT2D eigenvalue weighted by atomic mass is 32.1. The van der Waals surface area contributed by atoms with E-state index in [0.717, 1.165) is 18.8 Å². The van der Waals surface area contributed by atoms with E-state index in [-0.39, 0.29) is 0 Å². The van der Waals surface area contributed by atoms with Crippen LogP contribution in [0.2, 0.25) is 0 Å². The van der Waals surface area contributed by atoms with E-state index in [1.807, 2.05) is 36.4 Å². The van der Waals surface area contributed by atoms with Crippen molar-refractivity contribution in [3.8, 4) is 11.5 Å². The lowest BCUT2D eigenvalue weighted by molar-refractivity contribution is -0.950. The molecule has 0 fully saturated rings. The van der Waals surface area contributed by atoms with Gasteiger partial charge in [0.25, 0.3) is 10.7 Å². The number of hydrogen-bond donors (Lipinski definition) is 1. The first-order valence-corrected chi connectivity index (χ1v) is 11.0. The molecule has 1 atom stereocenters. The fraction of sp³-hybridized carbons (Fsp3) is 0.200. The summed E-state index contributed by atoms with van der Waals surface area (Å²) in [7, 11) is 0. The Balaban J connectivity index is 1.35. The van der Waals surface area contributed by atoms with Crippen molar-refractivity contribution in [1.82, 2.24) is 9.78 Å². The Labute approximate surface area is 191 Å². The molecule has 1 aromatic heterocycles. The number of fused-ring (bicyclic) bond motifs is 1. The summed E-state index contributed by atoms with van der Waals surface area (Å²) in [6.45, 7) is 2.60. The van der Waals surface area contributed by atoms with Gasteiger partial charge in [-0.05, 0) is 24.4 Å². The highest BCUT2D eigenvalue weighted by molar-refractivity contribution is 7.71. The van der Waals surface area contributed by atoms with Crippen LogP contribution in [0.5, 0.6) is 11.5 Å². The van der Waals surface area contributed by atoms with Crippen molar-refractivity contribution in [2.45, 2.75) is 25.9 Å². The topological polar surface area (TPSA) is 53.9 Å². The van der Waals surface area contributed by atoms with Gasteiger partial charge in [-0.15, -0.1) is 5.10 Å². The summed E-state index contributed by atoms with van der Waals surface area (Å²) in [5.74, 6) is 1.84. The van der Waals surface area contributed by atoms with Crippen LogP contribution in [0, 0.1) is 4.84 Å². The second kappa shape index (κ2) is 9.38. The zero-order chi connectivity index (χ0) is 21.8. The minimum Gasteiger partial charge on any atom is -0.485 e. The summed E-state index contributed by atoms with van der Waals surface area (Å²) in [6, 6.07) is 28.5. The van der Waals surface area contributed by atoms with Crippen molar-refractivity contribution in [3.63, 3.8) is 0 Å². The lowest BCUT2D eigenvalue weighted by Crippen LogP contribution is -3.08. The number of benzene rings is 3. The van der Waals surface area contributed by atoms with Crippen LogP contribution in [0.15, 0.2) is 89.3 Å². The highest BCUT2D eigenvalue weighted by Crippen LogP contribution is 2.35. The molecule has 7 heteroatoms. The molecule has 1 N–H and O–H groups in total. The van der Waals surface area contributed by atoms with Crippen LogP contribution in [0.25, 0.3) is 0 Å². The minimum absolute atomic E-state index is 0.330. The number of para-hydroxylation sites is 2. The van der Waals surface area contributed by atoms with Crippen molar-refractivity contribution in [2.24, 2.45) is 0 Å². The van der Waals surface area contributed by atoms with Crippen molar-refractivity contribution >= 4 is 12.2 Å². The van der Waals surface area contributed by atoms with Crippen LogP contribution in [-0.4, -0.2) is 16.4 Å². The van der Waals surface area contributed by atoms with E-state index in [0.29, 0.717) is 29.8 Å². The Morgan fingerprint density at radius 2 is 1.44 bits per heavy atom. The van der Waals surface area contributed by atoms with Crippen molar-refractivity contribution in [2.75, 3.05) is 6.61 Å². The molecule has 32 heavy (non-hydrogen) atoms. The smallest absolute Gasteiger partial charge is 0.292 e. The zero-order valence-electron chi connectivity index (χ0n) is 17.5. The lowest BCUT2D eigenvalue weighted by atomic mass is 10.2. The summed E-state index contributed by atoms with van der Waals surface area (Å²) in [5, 5.41) is 4.65. The first-order chi connectivity index (χ1) is 15.7. The third kappa shape index (κ3) is 4.74. The maximum atomic E-state index is 6.03. The van der Waals surface area contributed by atoms with Crippen LogP contribution in [-0.2, 0) is 19.8 Å². The fourth-order valence-electron chi connectivity index (χ4n) is 3.85. The molecule has 0 unspecified atom stereocenters.